The van der Waals surface area contributed by atoms with Crippen LogP contribution < -0.4 is 5.30 Å². The fourth-order valence-corrected chi connectivity index (χ4v) is 5.19. The van der Waals surface area contributed by atoms with Crippen LogP contribution in [-0.4, -0.2) is 23.1 Å². The second-order valence-corrected chi connectivity index (χ2v) is 8.30. The number of rotatable bonds is 7. The smallest absolute Gasteiger partial charge is 0.305 e. The quantitative estimate of drug-likeness (QED) is 0.258. The van der Waals surface area contributed by atoms with Crippen LogP contribution in [-0.2, 0) is 19.8 Å². The van der Waals surface area contributed by atoms with Crippen LogP contribution in [0.15, 0.2) is 48.5 Å². The lowest BCUT2D eigenvalue weighted by Gasteiger charge is -2.24. The molecule has 0 unspecified atom stereocenters. The molecule has 3 rings (SSSR count). The van der Waals surface area contributed by atoms with Crippen molar-refractivity contribution in [1.29, 1.82) is 0 Å². The van der Waals surface area contributed by atoms with Crippen LogP contribution in [0.1, 0.15) is 19.5 Å². The summed E-state index contributed by atoms with van der Waals surface area (Å²) >= 11 is 0. The summed E-state index contributed by atoms with van der Waals surface area (Å²) in [4.78, 5) is 14.3. The number of alkyl halides is 3. The molecule has 1 heterocycles. The predicted octanol–water partition coefficient (Wildman–Crippen LogP) is 5.72. The average Bonchev–Trinajstić information content (AvgIpc) is 2.72. The number of nitrogens with zero attached hydrogens (tertiary/aromatic N) is 2. The number of hydrogen-bond acceptors (Lipinski definition) is 6. The van der Waals surface area contributed by atoms with Crippen LogP contribution in [0, 0.1) is 10.1 Å². The van der Waals surface area contributed by atoms with E-state index in [0.29, 0.717) is 0 Å². The Morgan fingerprint density at radius 1 is 1.06 bits per heavy atom. The van der Waals surface area contributed by atoms with Gasteiger partial charge in [-0.2, -0.15) is 13.2 Å². The monoisotopic (exact) mass is 454 g/mol. The number of aromatic nitrogens is 1. The summed E-state index contributed by atoms with van der Waals surface area (Å²) in [6.45, 7) is 2.58. The Morgan fingerprint density at radius 3 is 2.19 bits per heavy atom. The van der Waals surface area contributed by atoms with Crippen LogP contribution in [0.5, 0.6) is 0 Å². The molecular formula is C20H18F3N2O5P. The lowest BCUT2D eigenvalue weighted by molar-refractivity contribution is -0.384. The van der Waals surface area contributed by atoms with Gasteiger partial charge in [0.15, 0.2) is 5.69 Å². The van der Waals surface area contributed by atoms with E-state index in [1.165, 1.54) is 26.0 Å². The third kappa shape index (κ3) is 4.46. The first kappa shape index (κ1) is 22.9. The molecule has 0 aliphatic heterocycles. The minimum Gasteiger partial charge on any atom is -0.305 e. The van der Waals surface area contributed by atoms with Crippen LogP contribution >= 0.6 is 7.60 Å². The molecule has 11 heteroatoms. The highest BCUT2D eigenvalue weighted by Crippen LogP contribution is 2.53. The molecule has 1 aromatic heterocycles. The second kappa shape index (κ2) is 8.74. The highest BCUT2D eigenvalue weighted by Gasteiger charge is 2.45. The van der Waals surface area contributed by atoms with Crippen LogP contribution in [0.25, 0.3) is 22.0 Å². The summed E-state index contributed by atoms with van der Waals surface area (Å²) in [7, 11) is -4.50. The van der Waals surface area contributed by atoms with Gasteiger partial charge < -0.3 is 9.05 Å². The van der Waals surface area contributed by atoms with Gasteiger partial charge in [0, 0.05) is 23.1 Å². The van der Waals surface area contributed by atoms with Gasteiger partial charge in [0.25, 0.3) is 5.69 Å². The minimum absolute atomic E-state index is 0.0306. The van der Waals surface area contributed by atoms with E-state index in [0.717, 1.165) is 18.2 Å². The number of benzene rings is 2. The molecule has 0 saturated carbocycles. The Hall–Kier alpha value is -2.81. The summed E-state index contributed by atoms with van der Waals surface area (Å²) in [5, 5.41) is 10.6. The van der Waals surface area contributed by atoms with Crippen molar-refractivity contribution in [2.24, 2.45) is 0 Å². The van der Waals surface area contributed by atoms with Crippen LogP contribution in [0.2, 0.25) is 0 Å². The Bertz CT molecular complexity index is 1160. The SMILES string of the molecule is CCOP(=O)(OCC)c1c(C(F)(F)F)nc2ccc([N+](=O)[O-])cc2c1-c1ccccc1. The summed E-state index contributed by atoms with van der Waals surface area (Å²) < 4.78 is 66.4. The Labute approximate surface area is 175 Å². The van der Waals surface area contributed by atoms with E-state index in [9.17, 15) is 27.9 Å². The van der Waals surface area contributed by atoms with E-state index in [2.05, 4.69) is 4.98 Å². The molecule has 0 bridgehead atoms. The van der Waals surface area contributed by atoms with Crippen molar-refractivity contribution in [3.8, 4) is 11.1 Å². The molecule has 0 aliphatic carbocycles. The molecular weight excluding hydrogens is 436 g/mol. The van der Waals surface area contributed by atoms with E-state index < -0.39 is 29.7 Å². The fraction of sp³-hybridized carbons (Fsp3) is 0.250. The highest BCUT2D eigenvalue weighted by atomic mass is 31.2. The van der Waals surface area contributed by atoms with Gasteiger partial charge in [-0.15, -0.1) is 0 Å². The van der Waals surface area contributed by atoms with E-state index in [1.54, 1.807) is 18.2 Å². The van der Waals surface area contributed by atoms with Gasteiger partial charge in [0.05, 0.1) is 23.7 Å². The van der Waals surface area contributed by atoms with Crippen molar-refractivity contribution in [2.75, 3.05) is 13.2 Å². The summed E-state index contributed by atoms with van der Waals surface area (Å²) in [6, 6.07) is 11.2. The largest absolute Gasteiger partial charge is 0.434 e. The zero-order valence-corrected chi connectivity index (χ0v) is 17.4. The maximum Gasteiger partial charge on any atom is 0.434 e. The molecule has 3 aromatic rings. The maximum absolute atomic E-state index is 14.1. The molecule has 0 N–H and O–H groups in total. The van der Waals surface area contributed by atoms with Gasteiger partial charge in [-0.25, -0.2) is 4.98 Å². The number of halogens is 3. The fourth-order valence-electron chi connectivity index (χ4n) is 3.22. The molecule has 7 nitrogen and oxygen atoms in total. The van der Waals surface area contributed by atoms with Crippen molar-refractivity contribution >= 4 is 29.5 Å². The number of hydrogen-bond donors (Lipinski definition) is 0. The van der Waals surface area contributed by atoms with Crippen molar-refractivity contribution in [3.63, 3.8) is 0 Å². The summed E-state index contributed by atoms with van der Waals surface area (Å²) in [5.74, 6) is 0. The van der Waals surface area contributed by atoms with Crippen molar-refractivity contribution in [3.05, 3.63) is 64.3 Å². The van der Waals surface area contributed by atoms with Gasteiger partial charge in [0.1, 0.15) is 5.30 Å². The van der Waals surface area contributed by atoms with Crippen molar-refractivity contribution in [1.82, 2.24) is 4.98 Å². The second-order valence-electron chi connectivity index (χ2n) is 6.34. The minimum atomic E-state index is -4.99. The molecule has 0 saturated heterocycles. The molecule has 0 radical (unpaired) electrons. The average molecular weight is 454 g/mol. The van der Waals surface area contributed by atoms with Crippen molar-refractivity contribution in [2.45, 2.75) is 20.0 Å². The first-order valence-corrected chi connectivity index (χ1v) is 10.8. The van der Waals surface area contributed by atoms with Gasteiger partial charge in [0.2, 0.25) is 0 Å². The Kier molecular flexibility index (Phi) is 6.45. The van der Waals surface area contributed by atoms with E-state index in [4.69, 9.17) is 9.05 Å². The van der Waals surface area contributed by atoms with Crippen molar-refractivity contribution < 1.29 is 31.7 Å². The number of pyridine rings is 1. The number of non-ortho nitro benzene ring substituents is 1. The number of nitro groups is 1. The standard InChI is InChI=1S/C20H18F3N2O5P/c1-3-29-31(28,30-4-2)18-17(13-8-6-5-7-9-13)15-12-14(25(26)27)10-11-16(15)24-19(18)20(21,22)23/h5-12H,3-4H2,1-2H3. The predicted molar refractivity (Wildman–Crippen MR) is 109 cm³/mol. The maximum atomic E-state index is 14.1. The Balaban J connectivity index is 2.59. The van der Waals surface area contributed by atoms with Gasteiger partial charge in [-0.3, -0.25) is 14.7 Å². The van der Waals surface area contributed by atoms with Gasteiger partial charge >= 0.3 is 13.8 Å². The molecule has 0 aliphatic rings. The number of fused-ring (bicyclic) bond motifs is 1. The normalized spacial score (nSPS) is 12.3. The summed E-state index contributed by atoms with van der Waals surface area (Å²) in [5.41, 5.74) is -1.78. The van der Waals surface area contributed by atoms with E-state index in [1.807, 2.05) is 0 Å². The van der Waals surface area contributed by atoms with Gasteiger partial charge in [-0.1, -0.05) is 30.3 Å². The summed E-state index contributed by atoms with van der Waals surface area (Å²) in [6.07, 6.45) is -4.99. The van der Waals surface area contributed by atoms with E-state index in [-0.39, 0.29) is 40.9 Å². The van der Waals surface area contributed by atoms with Gasteiger partial charge in [-0.05, 0) is 25.5 Å². The number of nitro benzene ring substituents is 1. The molecule has 0 amide bonds. The zero-order chi connectivity index (χ0) is 22.8. The third-order valence-electron chi connectivity index (χ3n) is 4.36. The highest BCUT2D eigenvalue weighted by molar-refractivity contribution is 7.62. The molecule has 164 valence electrons. The zero-order valence-electron chi connectivity index (χ0n) is 16.5. The first-order chi connectivity index (χ1) is 14.6. The third-order valence-corrected chi connectivity index (χ3v) is 6.54. The van der Waals surface area contributed by atoms with Crippen LogP contribution in [0.4, 0.5) is 18.9 Å². The van der Waals surface area contributed by atoms with Crippen LogP contribution in [0.3, 0.4) is 0 Å². The lowest BCUT2D eigenvalue weighted by Crippen LogP contribution is -2.26. The molecule has 0 fully saturated rings. The Morgan fingerprint density at radius 2 is 1.68 bits per heavy atom. The molecule has 0 atom stereocenters. The lowest BCUT2D eigenvalue weighted by atomic mass is 9.99. The molecule has 0 spiro atoms. The topological polar surface area (TPSA) is 91.6 Å². The van der Waals surface area contributed by atoms with E-state index >= 15 is 0 Å². The molecule has 31 heavy (non-hydrogen) atoms. The molecule has 2 aromatic carbocycles. The first-order valence-electron chi connectivity index (χ1n) is 9.26.